The highest BCUT2D eigenvalue weighted by atomic mass is 16.5. The van der Waals surface area contributed by atoms with E-state index in [4.69, 9.17) is 9.26 Å². The van der Waals surface area contributed by atoms with Crippen molar-refractivity contribution in [1.29, 1.82) is 0 Å². The fourth-order valence-electron chi connectivity index (χ4n) is 2.86. The lowest BCUT2D eigenvalue weighted by Gasteiger charge is -2.25. The Morgan fingerprint density at radius 3 is 2.86 bits per heavy atom. The highest BCUT2D eigenvalue weighted by Crippen LogP contribution is 2.30. The van der Waals surface area contributed by atoms with Crippen LogP contribution < -0.4 is 0 Å². The number of hydrogen-bond donors (Lipinski definition) is 0. The summed E-state index contributed by atoms with van der Waals surface area (Å²) in [6.45, 7) is 3.76. The van der Waals surface area contributed by atoms with Crippen molar-refractivity contribution in [3.8, 4) is 0 Å². The Morgan fingerprint density at radius 2 is 2.05 bits per heavy atom. The molecule has 0 aliphatic carbocycles. The smallest absolute Gasteiger partial charge is 0.230 e. The topological polar surface area (TPSA) is 48.2 Å². The molecule has 0 N–H and O–H groups in total. The monoisotopic (exact) mass is 286 g/mol. The van der Waals surface area contributed by atoms with E-state index in [0.717, 1.165) is 50.6 Å². The van der Waals surface area contributed by atoms with Gasteiger partial charge in [-0.15, -0.1) is 0 Å². The van der Waals surface area contributed by atoms with Gasteiger partial charge in [0.1, 0.15) is 0 Å². The number of aryl methyl sites for hydroxylation is 2. The van der Waals surface area contributed by atoms with E-state index in [2.05, 4.69) is 41.3 Å². The average molecular weight is 286 g/mol. The highest BCUT2D eigenvalue weighted by Gasteiger charge is 2.28. The van der Waals surface area contributed by atoms with Crippen LogP contribution in [0.1, 0.15) is 43.0 Å². The molecular weight excluding hydrogens is 264 g/mol. The molecule has 4 nitrogen and oxygen atoms in total. The van der Waals surface area contributed by atoms with E-state index in [1.54, 1.807) is 0 Å². The van der Waals surface area contributed by atoms with Gasteiger partial charge in [0.15, 0.2) is 5.82 Å². The van der Waals surface area contributed by atoms with E-state index in [-0.39, 0.29) is 0 Å². The molecule has 1 aliphatic heterocycles. The first-order valence-corrected chi connectivity index (χ1v) is 7.77. The number of nitrogens with zero attached hydrogens (tertiary/aromatic N) is 2. The van der Waals surface area contributed by atoms with E-state index < -0.39 is 0 Å². The predicted octanol–water partition coefficient (Wildman–Crippen LogP) is 3.38. The Hall–Kier alpha value is -1.68. The van der Waals surface area contributed by atoms with Gasteiger partial charge in [0.05, 0.1) is 0 Å². The molecule has 2 heterocycles. The van der Waals surface area contributed by atoms with Crippen molar-refractivity contribution in [3.63, 3.8) is 0 Å². The fourth-order valence-corrected chi connectivity index (χ4v) is 2.86. The first kappa shape index (κ1) is 14.3. The van der Waals surface area contributed by atoms with Crippen LogP contribution in [0.5, 0.6) is 0 Å². The zero-order chi connectivity index (χ0) is 14.5. The first-order valence-electron chi connectivity index (χ1n) is 7.77. The molecule has 112 valence electrons. The fraction of sp³-hybridized carbons (Fsp3) is 0.529. The summed E-state index contributed by atoms with van der Waals surface area (Å²) in [4.78, 5) is 4.58. The van der Waals surface area contributed by atoms with E-state index in [0.29, 0.717) is 11.8 Å². The third-order valence-corrected chi connectivity index (χ3v) is 4.15. The minimum absolute atomic E-state index is 0.356. The van der Waals surface area contributed by atoms with E-state index in [9.17, 15) is 0 Å². The van der Waals surface area contributed by atoms with Gasteiger partial charge in [0.25, 0.3) is 0 Å². The number of rotatable bonds is 5. The van der Waals surface area contributed by atoms with Gasteiger partial charge in [0, 0.05) is 25.6 Å². The SMILES string of the molecule is C[C@H]1COCC[C@@H]1c1nc(CCCc2ccccc2)no1. The maximum absolute atomic E-state index is 5.46. The van der Waals surface area contributed by atoms with Crippen molar-refractivity contribution in [1.82, 2.24) is 10.1 Å². The normalized spacial score (nSPS) is 22.3. The molecule has 0 saturated carbocycles. The maximum atomic E-state index is 5.46. The molecule has 1 aromatic heterocycles. The molecule has 0 unspecified atom stereocenters. The molecule has 0 amide bonds. The van der Waals surface area contributed by atoms with Crippen LogP contribution in [0, 0.1) is 5.92 Å². The van der Waals surface area contributed by atoms with Gasteiger partial charge in [-0.1, -0.05) is 42.4 Å². The Labute approximate surface area is 125 Å². The number of aromatic nitrogens is 2. The Morgan fingerprint density at radius 1 is 1.19 bits per heavy atom. The Bertz CT molecular complexity index is 553. The van der Waals surface area contributed by atoms with Crippen LogP contribution in [0.15, 0.2) is 34.9 Å². The van der Waals surface area contributed by atoms with Gasteiger partial charge in [0.2, 0.25) is 5.89 Å². The van der Waals surface area contributed by atoms with Crippen molar-refractivity contribution in [3.05, 3.63) is 47.6 Å². The second-order valence-electron chi connectivity index (χ2n) is 5.84. The molecule has 0 spiro atoms. The Kier molecular flexibility index (Phi) is 4.65. The maximum Gasteiger partial charge on any atom is 0.230 e. The van der Waals surface area contributed by atoms with Crippen LogP contribution in [0.25, 0.3) is 0 Å². The van der Waals surface area contributed by atoms with Gasteiger partial charge in [-0.25, -0.2) is 0 Å². The van der Waals surface area contributed by atoms with Gasteiger partial charge in [-0.3, -0.25) is 0 Å². The molecule has 1 aliphatic rings. The largest absolute Gasteiger partial charge is 0.381 e. The highest BCUT2D eigenvalue weighted by molar-refractivity contribution is 5.14. The molecule has 0 radical (unpaired) electrons. The summed E-state index contributed by atoms with van der Waals surface area (Å²) >= 11 is 0. The summed E-state index contributed by atoms with van der Waals surface area (Å²) in [6.07, 6.45) is 3.95. The third kappa shape index (κ3) is 3.70. The van der Waals surface area contributed by atoms with E-state index in [1.807, 2.05) is 6.07 Å². The van der Waals surface area contributed by atoms with Crippen LogP contribution in [0.3, 0.4) is 0 Å². The zero-order valence-corrected chi connectivity index (χ0v) is 12.5. The third-order valence-electron chi connectivity index (χ3n) is 4.15. The van der Waals surface area contributed by atoms with Crippen molar-refractivity contribution in [2.24, 2.45) is 5.92 Å². The number of benzene rings is 1. The molecule has 4 heteroatoms. The van der Waals surface area contributed by atoms with Gasteiger partial charge in [-0.05, 0) is 30.7 Å². The molecule has 21 heavy (non-hydrogen) atoms. The summed E-state index contributed by atoms with van der Waals surface area (Å²) in [5.74, 6) is 2.44. The van der Waals surface area contributed by atoms with E-state index in [1.165, 1.54) is 5.56 Å². The summed E-state index contributed by atoms with van der Waals surface area (Å²) in [7, 11) is 0. The lowest BCUT2D eigenvalue weighted by molar-refractivity contribution is 0.0392. The first-order chi connectivity index (χ1) is 10.3. The standard InChI is InChI=1S/C17H22N2O2/c1-13-12-20-11-10-15(13)17-18-16(19-21-17)9-5-8-14-6-3-2-4-7-14/h2-4,6-7,13,15H,5,8-12H2,1H3/t13-,15-/m0/s1. The molecule has 1 aromatic carbocycles. The van der Waals surface area contributed by atoms with Gasteiger partial charge < -0.3 is 9.26 Å². The van der Waals surface area contributed by atoms with Crippen LogP contribution in [0.2, 0.25) is 0 Å². The molecular formula is C17H22N2O2. The van der Waals surface area contributed by atoms with Crippen LogP contribution in [-0.2, 0) is 17.6 Å². The Balaban J connectivity index is 1.53. The summed E-state index contributed by atoms with van der Waals surface area (Å²) in [5, 5.41) is 4.13. The van der Waals surface area contributed by atoms with Crippen LogP contribution in [0.4, 0.5) is 0 Å². The minimum atomic E-state index is 0.356. The predicted molar refractivity (Wildman–Crippen MR) is 80.1 cm³/mol. The molecule has 0 bridgehead atoms. The molecule has 3 rings (SSSR count). The lowest BCUT2D eigenvalue weighted by Crippen LogP contribution is -2.23. The summed E-state index contributed by atoms with van der Waals surface area (Å²) in [6, 6.07) is 10.5. The molecule has 2 aromatic rings. The lowest BCUT2D eigenvalue weighted by atomic mass is 9.90. The molecule has 1 fully saturated rings. The second-order valence-corrected chi connectivity index (χ2v) is 5.84. The van der Waals surface area contributed by atoms with Crippen molar-refractivity contribution >= 4 is 0 Å². The quantitative estimate of drug-likeness (QED) is 0.845. The molecule has 1 saturated heterocycles. The van der Waals surface area contributed by atoms with Crippen LogP contribution in [-0.4, -0.2) is 23.4 Å². The zero-order valence-electron chi connectivity index (χ0n) is 12.5. The number of hydrogen-bond acceptors (Lipinski definition) is 4. The van der Waals surface area contributed by atoms with E-state index >= 15 is 0 Å². The second kappa shape index (κ2) is 6.85. The minimum Gasteiger partial charge on any atom is -0.381 e. The van der Waals surface area contributed by atoms with Crippen molar-refractivity contribution < 1.29 is 9.26 Å². The summed E-state index contributed by atoms with van der Waals surface area (Å²) < 4.78 is 10.9. The average Bonchev–Trinajstić information content (AvgIpc) is 2.97. The van der Waals surface area contributed by atoms with Crippen molar-refractivity contribution in [2.75, 3.05) is 13.2 Å². The number of ether oxygens (including phenoxy) is 1. The van der Waals surface area contributed by atoms with Gasteiger partial charge in [-0.2, -0.15) is 4.98 Å². The van der Waals surface area contributed by atoms with Gasteiger partial charge >= 0.3 is 0 Å². The molecule has 2 atom stereocenters. The van der Waals surface area contributed by atoms with Crippen LogP contribution >= 0.6 is 0 Å². The van der Waals surface area contributed by atoms with Crippen molar-refractivity contribution in [2.45, 2.75) is 38.5 Å². The summed E-state index contributed by atoms with van der Waals surface area (Å²) in [5.41, 5.74) is 1.36.